The van der Waals surface area contributed by atoms with Crippen LogP contribution < -0.4 is 11.1 Å². The van der Waals surface area contributed by atoms with Crippen molar-refractivity contribution in [1.29, 1.82) is 0 Å². The molecule has 1 aromatic carbocycles. The summed E-state index contributed by atoms with van der Waals surface area (Å²) in [6.45, 7) is 0.350. The van der Waals surface area contributed by atoms with E-state index >= 15 is 0 Å². The van der Waals surface area contributed by atoms with Crippen molar-refractivity contribution in [3.05, 3.63) is 30.1 Å². The summed E-state index contributed by atoms with van der Waals surface area (Å²) in [5.41, 5.74) is 7.61. The number of nitrogens with two attached hydrogens (primary N) is 1. The molecule has 20 heavy (non-hydrogen) atoms. The number of nitrogens with one attached hydrogen (secondary N) is 1. The summed E-state index contributed by atoms with van der Waals surface area (Å²) in [7, 11) is 1.93. The Labute approximate surface area is 116 Å². The fraction of sp³-hybridized carbons (Fsp3) is 0.429. The van der Waals surface area contributed by atoms with Gasteiger partial charge in [-0.2, -0.15) is 0 Å². The van der Waals surface area contributed by atoms with E-state index in [2.05, 4.69) is 10.3 Å². The van der Waals surface area contributed by atoms with Crippen LogP contribution in [0.15, 0.2) is 24.3 Å². The number of benzene rings is 1. The molecule has 0 unspecified atom stereocenters. The Balaban J connectivity index is 1.59. The Kier molecular flexibility index (Phi) is 3.31. The van der Waals surface area contributed by atoms with Gasteiger partial charge >= 0.3 is 6.09 Å². The molecule has 1 aliphatic carbocycles. The highest BCUT2D eigenvalue weighted by atomic mass is 16.6. The Hall–Kier alpha value is -2.08. The number of carbonyl (C=O) groups excluding carboxylic acids is 1. The molecule has 1 aliphatic rings. The fourth-order valence-corrected chi connectivity index (χ4v) is 2.40. The number of hydrogen-bond acceptors (Lipinski definition) is 4. The van der Waals surface area contributed by atoms with Crippen molar-refractivity contribution < 1.29 is 9.53 Å². The molecule has 3 rings (SSSR count). The third-order valence-electron chi connectivity index (χ3n) is 3.68. The molecular weight excluding hydrogens is 256 g/mol. The number of alkyl carbamates (subject to hydrolysis) is 1. The highest BCUT2D eigenvalue weighted by Crippen LogP contribution is 2.21. The minimum atomic E-state index is -0.408. The van der Waals surface area contributed by atoms with Gasteiger partial charge in [-0.15, -0.1) is 0 Å². The molecule has 1 amide bonds. The maximum absolute atomic E-state index is 11.6. The topological polar surface area (TPSA) is 82.2 Å². The highest BCUT2D eigenvalue weighted by Gasteiger charge is 2.29. The van der Waals surface area contributed by atoms with Gasteiger partial charge in [-0.05, 0) is 25.0 Å². The second-order valence-electron chi connectivity index (χ2n) is 5.19. The van der Waals surface area contributed by atoms with Gasteiger partial charge in [0.1, 0.15) is 11.9 Å². The SMILES string of the molecule is Cn1c(CNC(=O)OC2CC(N)C2)nc2ccccc21. The molecule has 1 saturated carbocycles. The molecule has 0 aliphatic heterocycles. The quantitative estimate of drug-likeness (QED) is 0.883. The van der Waals surface area contributed by atoms with Gasteiger partial charge in [0.25, 0.3) is 0 Å². The molecule has 2 aromatic rings. The van der Waals surface area contributed by atoms with Gasteiger partial charge < -0.3 is 20.4 Å². The van der Waals surface area contributed by atoms with E-state index in [1.807, 2.05) is 35.9 Å². The Bertz CT molecular complexity index is 631. The molecule has 0 bridgehead atoms. The normalized spacial score (nSPS) is 21.5. The van der Waals surface area contributed by atoms with Crippen molar-refractivity contribution in [3.8, 4) is 0 Å². The number of para-hydroxylation sites is 2. The Morgan fingerprint density at radius 2 is 2.25 bits per heavy atom. The molecule has 0 atom stereocenters. The van der Waals surface area contributed by atoms with Crippen molar-refractivity contribution in [3.63, 3.8) is 0 Å². The van der Waals surface area contributed by atoms with Crippen LogP contribution >= 0.6 is 0 Å². The zero-order valence-corrected chi connectivity index (χ0v) is 11.4. The van der Waals surface area contributed by atoms with Crippen molar-refractivity contribution in [2.24, 2.45) is 12.8 Å². The fourth-order valence-electron chi connectivity index (χ4n) is 2.40. The van der Waals surface area contributed by atoms with Crippen molar-refractivity contribution in [2.75, 3.05) is 0 Å². The third kappa shape index (κ3) is 2.46. The number of carbonyl (C=O) groups is 1. The van der Waals surface area contributed by atoms with E-state index < -0.39 is 6.09 Å². The number of amides is 1. The molecule has 1 heterocycles. The van der Waals surface area contributed by atoms with E-state index in [1.54, 1.807) is 0 Å². The highest BCUT2D eigenvalue weighted by molar-refractivity contribution is 5.76. The first-order valence-corrected chi connectivity index (χ1v) is 6.74. The molecular formula is C14H18N4O2. The first-order valence-electron chi connectivity index (χ1n) is 6.74. The number of fused-ring (bicyclic) bond motifs is 1. The second kappa shape index (κ2) is 5.13. The van der Waals surface area contributed by atoms with Crippen molar-refractivity contribution >= 4 is 17.1 Å². The second-order valence-corrected chi connectivity index (χ2v) is 5.19. The molecule has 1 aromatic heterocycles. The van der Waals surface area contributed by atoms with Gasteiger partial charge in [0.05, 0.1) is 17.6 Å². The van der Waals surface area contributed by atoms with Crippen LogP contribution in [0.5, 0.6) is 0 Å². The number of hydrogen-bond donors (Lipinski definition) is 2. The van der Waals surface area contributed by atoms with Crippen LogP contribution in [0, 0.1) is 0 Å². The van der Waals surface area contributed by atoms with Crippen LogP contribution in [0.4, 0.5) is 4.79 Å². The summed E-state index contributed by atoms with van der Waals surface area (Å²) in [6, 6.07) is 8.04. The zero-order valence-electron chi connectivity index (χ0n) is 11.4. The van der Waals surface area contributed by atoms with Crippen LogP contribution in [0.3, 0.4) is 0 Å². The number of aromatic nitrogens is 2. The van der Waals surface area contributed by atoms with Gasteiger partial charge in [0, 0.05) is 13.1 Å². The van der Waals surface area contributed by atoms with E-state index in [0.29, 0.717) is 6.54 Å². The van der Waals surface area contributed by atoms with Gasteiger partial charge in [-0.3, -0.25) is 0 Å². The molecule has 3 N–H and O–H groups in total. The standard InChI is InChI=1S/C14H18N4O2/c1-18-12-5-3-2-4-11(12)17-13(18)8-16-14(19)20-10-6-9(15)7-10/h2-5,9-10H,6-8,15H2,1H3,(H,16,19). The lowest BCUT2D eigenvalue weighted by molar-refractivity contribution is 0.0409. The minimum Gasteiger partial charge on any atom is -0.446 e. The molecule has 1 fully saturated rings. The van der Waals surface area contributed by atoms with E-state index in [-0.39, 0.29) is 12.1 Å². The molecule has 6 nitrogen and oxygen atoms in total. The predicted molar refractivity (Wildman–Crippen MR) is 75.0 cm³/mol. The number of rotatable bonds is 3. The van der Waals surface area contributed by atoms with E-state index in [9.17, 15) is 4.79 Å². The first-order chi connectivity index (χ1) is 9.63. The van der Waals surface area contributed by atoms with E-state index in [1.165, 1.54) is 0 Å². The molecule has 6 heteroatoms. The van der Waals surface area contributed by atoms with E-state index in [0.717, 1.165) is 29.7 Å². The maximum atomic E-state index is 11.6. The lowest BCUT2D eigenvalue weighted by Crippen LogP contribution is -2.44. The average molecular weight is 274 g/mol. The predicted octanol–water partition coefficient (Wildman–Crippen LogP) is 1.29. The van der Waals surface area contributed by atoms with E-state index in [4.69, 9.17) is 10.5 Å². The smallest absolute Gasteiger partial charge is 0.407 e. The van der Waals surface area contributed by atoms with Gasteiger partial charge in [-0.1, -0.05) is 12.1 Å². The van der Waals surface area contributed by atoms with Crippen LogP contribution in [0.25, 0.3) is 11.0 Å². The lowest BCUT2D eigenvalue weighted by Gasteiger charge is -2.31. The van der Waals surface area contributed by atoms with Gasteiger partial charge in [0.15, 0.2) is 0 Å². The Morgan fingerprint density at radius 3 is 2.95 bits per heavy atom. The summed E-state index contributed by atoms with van der Waals surface area (Å²) in [6.07, 6.45) is 1.05. The summed E-state index contributed by atoms with van der Waals surface area (Å²) in [5.74, 6) is 0.800. The number of nitrogens with zero attached hydrogens (tertiary/aromatic N) is 2. The van der Waals surface area contributed by atoms with Crippen LogP contribution in [0.1, 0.15) is 18.7 Å². The minimum absolute atomic E-state index is 0.0366. The number of imidazole rings is 1. The number of ether oxygens (including phenoxy) is 1. The summed E-state index contributed by atoms with van der Waals surface area (Å²) < 4.78 is 7.19. The largest absolute Gasteiger partial charge is 0.446 e. The first kappa shape index (κ1) is 12.9. The van der Waals surface area contributed by atoms with Crippen LogP contribution in [0.2, 0.25) is 0 Å². The summed E-state index contributed by atoms with van der Waals surface area (Å²) in [5, 5.41) is 2.73. The van der Waals surface area contributed by atoms with Crippen molar-refractivity contribution in [2.45, 2.75) is 31.5 Å². The van der Waals surface area contributed by atoms with Gasteiger partial charge in [0.2, 0.25) is 0 Å². The lowest BCUT2D eigenvalue weighted by atomic mass is 9.90. The molecule has 0 radical (unpaired) electrons. The van der Waals surface area contributed by atoms with Gasteiger partial charge in [-0.25, -0.2) is 9.78 Å². The molecule has 106 valence electrons. The molecule has 0 spiro atoms. The molecule has 0 saturated heterocycles. The zero-order chi connectivity index (χ0) is 14.1. The summed E-state index contributed by atoms with van der Waals surface area (Å²) in [4.78, 5) is 16.1. The summed E-state index contributed by atoms with van der Waals surface area (Å²) >= 11 is 0. The maximum Gasteiger partial charge on any atom is 0.407 e. The number of aryl methyl sites for hydroxylation is 1. The Morgan fingerprint density at radius 1 is 1.50 bits per heavy atom. The van der Waals surface area contributed by atoms with Crippen molar-refractivity contribution in [1.82, 2.24) is 14.9 Å². The van der Waals surface area contributed by atoms with Crippen LogP contribution in [-0.4, -0.2) is 27.8 Å². The third-order valence-corrected chi connectivity index (χ3v) is 3.68. The average Bonchev–Trinajstić information content (AvgIpc) is 2.72. The van der Waals surface area contributed by atoms with Crippen LogP contribution in [-0.2, 0) is 18.3 Å². The monoisotopic (exact) mass is 274 g/mol.